The molecule has 0 saturated heterocycles. The monoisotopic (exact) mass is 324 g/mol. The Kier molecular flexibility index (Phi) is 5.81. The van der Waals surface area contributed by atoms with Crippen LogP contribution in [0.25, 0.3) is 11.1 Å². The van der Waals surface area contributed by atoms with Crippen molar-refractivity contribution in [3.05, 3.63) is 45.9 Å². The Morgan fingerprint density at radius 2 is 2.04 bits per heavy atom. The average molecular weight is 324 g/mol. The number of aryl methyl sites for hydroxylation is 2. The summed E-state index contributed by atoms with van der Waals surface area (Å²) in [6.45, 7) is 8.79. The molecule has 0 fully saturated rings. The second-order valence-corrected chi connectivity index (χ2v) is 6.19. The molecule has 2 rings (SSSR count). The van der Waals surface area contributed by atoms with Crippen LogP contribution >= 0.6 is 0 Å². The molecule has 4 heteroatoms. The Hall–Kier alpha value is -2.54. The lowest BCUT2D eigenvalue weighted by atomic mass is 10.00. The van der Waals surface area contributed by atoms with Crippen LogP contribution < -0.4 is 10.3 Å². The predicted octanol–water partition coefficient (Wildman–Crippen LogP) is 3.45. The van der Waals surface area contributed by atoms with E-state index in [0.717, 1.165) is 16.8 Å². The largest absolute Gasteiger partial charge is 0.478 e. The van der Waals surface area contributed by atoms with Gasteiger partial charge in [0, 0.05) is 6.54 Å². The summed E-state index contributed by atoms with van der Waals surface area (Å²) in [5.74, 6) is 3.30. The molecule has 0 amide bonds. The molecule has 0 bridgehead atoms. The van der Waals surface area contributed by atoms with Crippen molar-refractivity contribution in [2.24, 2.45) is 5.92 Å². The molecule has 2 aromatic rings. The van der Waals surface area contributed by atoms with E-state index in [2.05, 4.69) is 24.9 Å². The second-order valence-electron chi connectivity index (χ2n) is 6.19. The summed E-state index contributed by atoms with van der Waals surface area (Å²) in [6.07, 6.45) is 6.01. The molecule has 1 heterocycles. The van der Waals surface area contributed by atoms with Gasteiger partial charge < -0.3 is 4.74 Å². The SMILES string of the molecule is C#CCOc1c(CC)nn(CC(C)C)c(=O)c1-c1ccccc1C. The van der Waals surface area contributed by atoms with Crippen LogP contribution in [0, 0.1) is 25.2 Å². The summed E-state index contributed by atoms with van der Waals surface area (Å²) in [5, 5.41) is 4.51. The highest BCUT2D eigenvalue weighted by molar-refractivity contribution is 5.73. The highest BCUT2D eigenvalue weighted by Crippen LogP contribution is 2.31. The van der Waals surface area contributed by atoms with Crippen LogP contribution in [0.3, 0.4) is 0 Å². The molecular weight excluding hydrogens is 300 g/mol. The van der Waals surface area contributed by atoms with E-state index in [0.29, 0.717) is 30.2 Å². The molecule has 0 radical (unpaired) electrons. The summed E-state index contributed by atoms with van der Waals surface area (Å²) in [4.78, 5) is 13.1. The van der Waals surface area contributed by atoms with Gasteiger partial charge in [-0.05, 0) is 30.4 Å². The Labute approximate surface area is 143 Å². The third-order valence-electron chi connectivity index (χ3n) is 3.77. The Balaban J connectivity index is 2.78. The first-order chi connectivity index (χ1) is 11.5. The predicted molar refractivity (Wildman–Crippen MR) is 97.2 cm³/mol. The third kappa shape index (κ3) is 3.68. The van der Waals surface area contributed by atoms with E-state index in [4.69, 9.17) is 11.2 Å². The van der Waals surface area contributed by atoms with Crippen LogP contribution in [-0.4, -0.2) is 16.4 Å². The molecule has 1 aromatic heterocycles. The molecule has 0 unspecified atom stereocenters. The van der Waals surface area contributed by atoms with Gasteiger partial charge in [0.2, 0.25) is 0 Å². The zero-order valence-electron chi connectivity index (χ0n) is 14.8. The van der Waals surface area contributed by atoms with Crippen LogP contribution in [0.15, 0.2) is 29.1 Å². The van der Waals surface area contributed by atoms with Crippen LogP contribution in [0.4, 0.5) is 0 Å². The van der Waals surface area contributed by atoms with Gasteiger partial charge in [0.1, 0.15) is 12.3 Å². The molecule has 4 nitrogen and oxygen atoms in total. The lowest BCUT2D eigenvalue weighted by molar-refractivity contribution is 0.357. The van der Waals surface area contributed by atoms with Crippen molar-refractivity contribution < 1.29 is 4.74 Å². The summed E-state index contributed by atoms with van der Waals surface area (Å²) < 4.78 is 7.30. The minimum atomic E-state index is -0.137. The van der Waals surface area contributed by atoms with E-state index in [1.807, 2.05) is 38.1 Å². The quantitative estimate of drug-likeness (QED) is 0.765. The molecule has 0 aliphatic carbocycles. The fraction of sp³-hybridized carbons (Fsp3) is 0.400. The second kappa shape index (κ2) is 7.83. The van der Waals surface area contributed by atoms with Crippen molar-refractivity contribution in [2.45, 2.75) is 40.7 Å². The minimum Gasteiger partial charge on any atom is -0.478 e. The van der Waals surface area contributed by atoms with Gasteiger partial charge in [-0.3, -0.25) is 4.79 Å². The molecule has 1 aromatic carbocycles. The summed E-state index contributed by atoms with van der Waals surface area (Å²) >= 11 is 0. The topological polar surface area (TPSA) is 44.1 Å². The zero-order valence-corrected chi connectivity index (χ0v) is 14.8. The Morgan fingerprint density at radius 3 is 2.62 bits per heavy atom. The average Bonchev–Trinajstić information content (AvgIpc) is 2.55. The molecule has 0 atom stereocenters. The van der Waals surface area contributed by atoms with Gasteiger partial charge in [-0.2, -0.15) is 5.10 Å². The van der Waals surface area contributed by atoms with Crippen LogP contribution in [-0.2, 0) is 13.0 Å². The van der Waals surface area contributed by atoms with E-state index in [1.54, 1.807) is 4.68 Å². The standard InChI is InChI=1S/C20H24N2O2/c1-6-12-24-19-17(7-2)21-22(13-14(3)4)20(23)18(19)16-11-9-8-10-15(16)5/h1,8-11,14H,7,12-13H2,2-5H3. The van der Waals surface area contributed by atoms with Crippen molar-refractivity contribution in [1.82, 2.24) is 9.78 Å². The Bertz CT molecular complexity index is 813. The highest BCUT2D eigenvalue weighted by Gasteiger charge is 2.21. The first kappa shape index (κ1) is 17.8. The van der Waals surface area contributed by atoms with E-state index in [9.17, 15) is 4.79 Å². The number of benzene rings is 1. The summed E-state index contributed by atoms with van der Waals surface area (Å²) in [5.41, 5.74) is 3.05. The number of rotatable bonds is 6. The Morgan fingerprint density at radius 1 is 1.33 bits per heavy atom. The van der Waals surface area contributed by atoms with Gasteiger partial charge in [-0.1, -0.05) is 51.0 Å². The van der Waals surface area contributed by atoms with Gasteiger partial charge in [-0.15, -0.1) is 6.42 Å². The fourth-order valence-corrected chi connectivity index (χ4v) is 2.67. The molecule has 0 saturated carbocycles. The maximum absolute atomic E-state index is 13.1. The maximum Gasteiger partial charge on any atom is 0.278 e. The van der Waals surface area contributed by atoms with Crippen LogP contribution in [0.5, 0.6) is 5.75 Å². The van der Waals surface area contributed by atoms with Gasteiger partial charge in [0.25, 0.3) is 5.56 Å². The van der Waals surface area contributed by atoms with Crippen molar-refractivity contribution >= 4 is 0 Å². The van der Waals surface area contributed by atoms with Crippen molar-refractivity contribution in [2.75, 3.05) is 6.61 Å². The number of nitrogens with zero attached hydrogens (tertiary/aromatic N) is 2. The van der Waals surface area contributed by atoms with E-state index >= 15 is 0 Å². The molecular formula is C20H24N2O2. The minimum absolute atomic E-state index is 0.112. The molecule has 0 N–H and O–H groups in total. The number of hydrogen-bond acceptors (Lipinski definition) is 3. The van der Waals surface area contributed by atoms with Crippen molar-refractivity contribution in [1.29, 1.82) is 0 Å². The van der Waals surface area contributed by atoms with Gasteiger partial charge in [0.05, 0.1) is 5.56 Å². The van der Waals surface area contributed by atoms with E-state index in [-0.39, 0.29) is 12.2 Å². The number of aromatic nitrogens is 2. The number of ether oxygens (including phenoxy) is 1. The molecule has 0 spiro atoms. The maximum atomic E-state index is 13.1. The smallest absolute Gasteiger partial charge is 0.278 e. The molecule has 0 aliphatic rings. The van der Waals surface area contributed by atoms with E-state index in [1.165, 1.54) is 0 Å². The zero-order chi connectivity index (χ0) is 17.7. The number of hydrogen-bond donors (Lipinski definition) is 0. The lowest BCUT2D eigenvalue weighted by Gasteiger charge is -2.18. The third-order valence-corrected chi connectivity index (χ3v) is 3.77. The van der Waals surface area contributed by atoms with Gasteiger partial charge in [-0.25, -0.2) is 4.68 Å². The highest BCUT2D eigenvalue weighted by atomic mass is 16.5. The van der Waals surface area contributed by atoms with E-state index < -0.39 is 0 Å². The molecule has 24 heavy (non-hydrogen) atoms. The van der Waals surface area contributed by atoms with Crippen molar-refractivity contribution in [3.8, 4) is 29.2 Å². The fourth-order valence-electron chi connectivity index (χ4n) is 2.67. The normalized spacial score (nSPS) is 10.7. The van der Waals surface area contributed by atoms with Crippen LogP contribution in [0.2, 0.25) is 0 Å². The lowest BCUT2D eigenvalue weighted by Crippen LogP contribution is -2.29. The van der Waals surface area contributed by atoms with Gasteiger partial charge in [0.15, 0.2) is 5.75 Å². The summed E-state index contributed by atoms with van der Waals surface area (Å²) in [6, 6.07) is 7.80. The molecule has 0 aliphatic heterocycles. The summed E-state index contributed by atoms with van der Waals surface area (Å²) in [7, 11) is 0. The first-order valence-corrected chi connectivity index (χ1v) is 8.25. The van der Waals surface area contributed by atoms with Gasteiger partial charge >= 0.3 is 0 Å². The first-order valence-electron chi connectivity index (χ1n) is 8.25. The molecule has 126 valence electrons. The van der Waals surface area contributed by atoms with Crippen molar-refractivity contribution in [3.63, 3.8) is 0 Å². The van der Waals surface area contributed by atoms with Crippen LogP contribution in [0.1, 0.15) is 32.0 Å². The number of terminal acetylenes is 1.